The van der Waals surface area contributed by atoms with Gasteiger partial charge in [0.15, 0.2) is 0 Å². The van der Waals surface area contributed by atoms with Gasteiger partial charge < -0.3 is 26.7 Å². The SMILES string of the molecule is NCCCC[C@H](N)C(=O)OC(=O)[C@@H](N)CC(Cc1ccccc1)C(=O)OC(=O)CCc1ccccc1. The van der Waals surface area contributed by atoms with Crippen LogP contribution in [0.1, 0.15) is 43.2 Å². The molecule has 9 heteroatoms. The summed E-state index contributed by atoms with van der Waals surface area (Å²) in [5.41, 5.74) is 18.9. The molecule has 0 aliphatic rings. The standard InChI is InChI=1S/C27H35N3O6/c28-16-8-7-13-22(29)26(33)36-27(34)23(30)18-21(17-20-11-5-2-6-12-20)25(32)35-24(31)15-14-19-9-3-1-4-10-19/h1-6,9-12,21-23H,7-8,13-18,28-30H2/t21?,22-,23-/m0/s1. The van der Waals surface area contributed by atoms with E-state index in [0.29, 0.717) is 32.2 Å². The molecule has 0 aliphatic carbocycles. The molecule has 2 aromatic rings. The molecule has 0 saturated heterocycles. The van der Waals surface area contributed by atoms with Gasteiger partial charge in [-0.25, -0.2) is 9.59 Å². The second kappa shape index (κ2) is 15.6. The van der Waals surface area contributed by atoms with E-state index in [1.165, 1.54) is 0 Å². The van der Waals surface area contributed by atoms with Crippen LogP contribution >= 0.6 is 0 Å². The van der Waals surface area contributed by atoms with Crippen LogP contribution in [0.15, 0.2) is 60.7 Å². The fourth-order valence-electron chi connectivity index (χ4n) is 3.58. The lowest BCUT2D eigenvalue weighted by atomic mass is 9.93. The molecule has 0 spiro atoms. The van der Waals surface area contributed by atoms with Gasteiger partial charge in [0, 0.05) is 0 Å². The Hall–Kier alpha value is -3.40. The summed E-state index contributed by atoms with van der Waals surface area (Å²) in [6.45, 7) is 0.471. The van der Waals surface area contributed by atoms with E-state index in [2.05, 4.69) is 0 Å². The molecule has 6 N–H and O–H groups in total. The van der Waals surface area contributed by atoms with Crippen molar-refractivity contribution in [2.45, 2.75) is 57.0 Å². The summed E-state index contributed by atoms with van der Waals surface area (Å²) in [5.74, 6) is -4.23. The maximum absolute atomic E-state index is 12.9. The first-order chi connectivity index (χ1) is 17.3. The summed E-state index contributed by atoms with van der Waals surface area (Å²) in [6.07, 6.45) is 2.12. The summed E-state index contributed by atoms with van der Waals surface area (Å²) in [4.78, 5) is 49.7. The van der Waals surface area contributed by atoms with Crippen molar-refractivity contribution in [3.8, 4) is 0 Å². The van der Waals surface area contributed by atoms with Crippen LogP contribution in [0, 0.1) is 5.92 Å². The highest BCUT2D eigenvalue weighted by atomic mass is 16.6. The molecule has 1 unspecified atom stereocenters. The van der Waals surface area contributed by atoms with Crippen molar-refractivity contribution < 1.29 is 28.7 Å². The minimum atomic E-state index is -1.29. The lowest BCUT2D eigenvalue weighted by molar-refractivity contribution is -0.163. The van der Waals surface area contributed by atoms with Crippen molar-refractivity contribution in [3.63, 3.8) is 0 Å². The molecular weight excluding hydrogens is 462 g/mol. The van der Waals surface area contributed by atoms with E-state index in [1.54, 1.807) is 0 Å². The molecule has 0 aliphatic heterocycles. The number of hydrogen-bond acceptors (Lipinski definition) is 9. The molecule has 0 fully saturated rings. The Bertz CT molecular complexity index is 984. The maximum atomic E-state index is 12.9. The van der Waals surface area contributed by atoms with Crippen molar-refractivity contribution in [3.05, 3.63) is 71.8 Å². The number of hydrogen-bond donors (Lipinski definition) is 3. The molecule has 0 saturated carbocycles. The highest BCUT2D eigenvalue weighted by Gasteiger charge is 2.30. The minimum Gasteiger partial charge on any atom is -0.393 e. The van der Waals surface area contributed by atoms with Crippen LogP contribution in [0.4, 0.5) is 0 Å². The quantitative estimate of drug-likeness (QED) is 0.200. The number of carbonyl (C=O) groups excluding carboxylic acids is 4. The van der Waals surface area contributed by atoms with E-state index >= 15 is 0 Å². The third kappa shape index (κ3) is 10.5. The topological polar surface area (TPSA) is 165 Å². The summed E-state index contributed by atoms with van der Waals surface area (Å²) in [5, 5.41) is 0. The zero-order valence-corrected chi connectivity index (χ0v) is 20.3. The van der Waals surface area contributed by atoms with Gasteiger partial charge in [-0.15, -0.1) is 0 Å². The molecule has 194 valence electrons. The van der Waals surface area contributed by atoms with Crippen molar-refractivity contribution in [1.29, 1.82) is 0 Å². The average molecular weight is 498 g/mol. The molecule has 0 radical (unpaired) electrons. The van der Waals surface area contributed by atoms with E-state index in [4.69, 9.17) is 26.7 Å². The highest BCUT2D eigenvalue weighted by Crippen LogP contribution is 2.17. The summed E-state index contributed by atoms with van der Waals surface area (Å²) >= 11 is 0. The largest absolute Gasteiger partial charge is 0.393 e. The summed E-state index contributed by atoms with van der Waals surface area (Å²) in [6, 6.07) is 16.2. The lowest BCUT2D eigenvalue weighted by Gasteiger charge is -2.19. The maximum Gasteiger partial charge on any atom is 0.330 e. The lowest BCUT2D eigenvalue weighted by Crippen LogP contribution is -2.41. The number of ether oxygens (including phenoxy) is 2. The molecule has 36 heavy (non-hydrogen) atoms. The fraction of sp³-hybridized carbons (Fsp3) is 0.407. The molecular formula is C27H35N3O6. The van der Waals surface area contributed by atoms with E-state index < -0.39 is 41.9 Å². The Labute approximate surface area is 211 Å². The smallest absolute Gasteiger partial charge is 0.330 e. The number of unbranched alkanes of at least 4 members (excludes halogenated alkanes) is 1. The van der Waals surface area contributed by atoms with Crippen LogP contribution in [0.3, 0.4) is 0 Å². The molecule has 0 heterocycles. The van der Waals surface area contributed by atoms with Gasteiger partial charge in [0.1, 0.15) is 12.1 Å². The molecule has 9 nitrogen and oxygen atoms in total. The molecule has 3 atom stereocenters. The number of carbonyl (C=O) groups is 4. The van der Waals surface area contributed by atoms with Gasteiger partial charge in [0.2, 0.25) is 0 Å². The Morgan fingerprint density at radius 3 is 1.92 bits per heavy atom. The van der Waals surface area contributed by atoms with E-state index in [1.807, 2.05) is 60.7 Å². The van der Waals surface area contributed by atoms with E-state index in [-0.39, 0.29) is 19.3 Å². The third-order valence-electron chi connectivity index (χ3n) is 5.65. The third-order valence-corrected chi connectivity index (χ3v) is 5.65. The van der Waals surface area contributed by atoms with Gasteiger partial charge >= 0.3 is 23.9 Å². The Morgan fingerprint density at radius 1 is 0.722 bits per heavy atom. The first-order valence-corrected chi connectivity index (χ1v) is 12.1. The first-order valence-electron chi connectivity index (χ1n) is 12.1. The number of aryl methyl sites for hydroxylation is 1. The fourth-order valence-corrected chi connectivity index (χ4v) is 3.58. The van der Waals surface area contributed by atoms with Crippen molar-refractivity contribution >= 4 is 23.9 Å². The minimum absolute atomic E-state index is 0.0262. The van der Waals surface area contributed by atoms with Crippen LogP contribution in [-0.4, -0.2) is 42.5 Å². The Balaban J connectivity index is 1.97. The molecule has 0 bridgehead atoms. The highest BCUT2D eigenvalue weighted by molar-refractivity contribution is 5.91. The summed E-state index contributed by atoms with van der Waals surface area (Å²) < 4.78 is 9.90. The van der Waals surface area contributed by atoms with Crippen LogP contribution in [0.5, 0.6) is 0 Å². The predicted octanol–water partition coefficient (Wildman–Crippen LogP) is 1.79. The Kier molecular flexibility index (Phi) is 12.5. The van der Waals surface area contributed by atoms with Gasteiger partial charge in [0.25, 0.3) is 0 Å². The predicted molar refractivity (Wildman–Crippen MR) is 134 cm³/mol. The second-order valence-corrected chi connectivity index (χ2v) is 8.64. The van der Waals surface area contributed by atoms with Gasteiger partial charge in [-0.05, 0) is 49.8 Å². The molecule has 0 aromatic heterocycles. The summed E-state index contributed by atoms with van der Waals surface area (Å²) in [7, 11) is 0. The number of esters is 4. The van der Waals surface area contributed by atoms with Gasteiger partial charge in [-0.2, -0.15) is 0 Å². The number of rotatable bonds is 14. The Morgan fingerprint density at radius 2 is 1.31 bits per heavy atom. The molecule has 2 rings (SSSR count). The number of nitrogens with two attached hydrogens (primary N) is 3. The zero-order chi connectivity index (χ0) is 26.3. The molecule has 0 amide bonds. The first kappa shape index (κ1) is 28.8. The van der Waals surface area contributed by atoms with Crippen LogP contribution < -0.4 is 17.2 Å². The zero-order valence-electron chi connectivity index (χ0n) is 20.3. The van der Waals surface area contributed by atoms with Crippen LogP contribution in [0.25, 0.3) is 0 Å². The van der Waals surface area contributed by atoms with E-state index in [0.717, 1.165) is 11.1 Å². The van der Waals surface area contributed by atoms with Crippen molar-refractivity contribution in [1.82, 2.24) is 0 Å². The van der Waals surface area contributed by atoms with Gasteiger partial charge in [-0.3, -0.25) is 9.59 Å². The van der Waals surface area contributed by atoms with Crippen molar-refractivity contribution in [2.75, 3.05) is 6.54 Å². The second-order valence-electron chi connectivity index (χ2n) is 8.64. The van der Waals surface area contributed by atoms with Gasteiger partial charge in [0.05, 0.1) is 12.3 Å². The molecule has 2 aromatic carbocycles. The van der Waals surface area contributed by atoms with Crippen LogP contribution in [0.2, 0.25) is 0 Å². The monoisotopic (exact) mass is 497 g/mol. The average Bonchev–Trinajstić information content (AvgIpc) is 2.88. The van der Waals surface area contributed by atoms with Gasteiger partial charge in [-0.1, -0.05) is 67.1 Å². The van der Waals surface area contributed by atoms with Crippen LogP contribution in [-0.2, 0) is 41.5 Å². The normalized spacial score (nSPS) is 13.3. The number of benzene rings is 2. The van der Waals surface area contributed by atoms with E-state index in [9.17, 15) is 19.2 Å². The van der Waals surface area contributed by atoms with Crippen molar-refractivity contribution in [2.24, 2.45) is 23.1 Å².